The Morgan fingerprint density at radius 3 is 2.65 bits per heavy atom. The molecule has 0 spiro atoms. The summed E-state index contributed by atoms with van der Waals surface area (Å²) in [4.78, 5) is 15.7. The van der Waals surface area contributed by atoms with Gasteiger partial charge in [0.05, 0.1) is 24.2 Å². The molecule has 1 saturated heterocycles. The van der Waals surface area contributed by atoms with Gasteiger partial charge in [0.15, 0.2) is 0 Å². The maximum absolute atomic E-state index is 15.1. The van der Waals surface area contributed by atoms with Crippen LogP contribution in [0.3, 0.4) is 0 Å². The molecule has 0 saturated carbocycles. The van der Waals surface area contributed by atoms with E-state index in [1.807, 2.05) is 42.6 Å². The van der Waals surface area contributed by atoms with Crippen molar-refractivity contribution in [1.82, 2.24) is 3.97 Å². The molecule has 5 nitrogen and oxygen atoms in total. The van der Waals surface area contributed by atoms with Gasteiger partial charge in [-0.05, 0) is 66.7 Å². The third kappa shape index (κ3) is 4.69. The summed E-state index contributed by atoms with van der Waals surface area (Å²) >= 11 is 2.92. The number of hydrogen-bond donors (Lipinski definition) is 0. The van der Waals surface area contributed by atoms with Gasteiger partial charge in [0.1, 0.15) is 16.8 Å². The lowest BCUT2D eigenvalue weighted by Gasteiger charge is -2.39. The number of thiophene rings is 1. The van der Waals surface area contributed by atoms with Crippen molar-refractivity contribution in [2.75, 3.05) is 25.1 Å². The number of ether oxygens (including phenoxy) is 1. The highest BCUT2D eigenvalue weighted by Crippen LogP contribution is 2.47. The zero-order valence-electron chi connectivity index (χ0n) is 21.8. The molecule has 6 rings (SSSR count). The fraction of sp³-hybridized carbons (Fsp3) is 0.161. The Hall–Kier alpha value is -3.63. The van der Waals surface area contributed by atoms with Gasteiger partial charge in [-0.3, -0.25) is 8.77 Å². The van der Waals surface area contributed by atoms with Gasteiger partial charge in [-0.1, -0.05) is 29.8 Å². The highest BCUT2D eigenvalue weighted by Gasteiger charge is 2.34. The normalized spacial score (nSPS) is 13.3. The summed E-state index contributed by atoms with van der Waals surface area (Å²) in [6, 6.07) is 24.2. The van der Waals surface area contributed by atoms with Crippen molar-refractivity contribution in [2.45, 2.75) is 11.8 Å². The zero-order chi connectivity index (χ0) is 28.0. The lowest BCUT2D eigenvalue weighted by atomic mass is 9.96. The molecule has 0 bridgehead atoms. The van der Waals surface area contributed by atoms with Crippen LogP contribution < -0.4 is 10.2 Å². The van der Waals surface area contributed by atoms with Crippen LogP contribution in [0.1, 0.15) is 10.4 Å². The molecule has 0 amide bonds. The Kier molecular flexibility index (Phi) is 7.14. The summed E-state index contributed by atoms with van der Waals surface area (Å²) in [6.07, 6.45) is 0. The van der Waals surface area contributed by atoms with Crippen LogP contribution in [0, 0.1) is 30.0 Å². The number of nitriles is 1. The van der Waals surface area contributed by atoms with Gasteiger partial charge < -0.3 is 9.64 Å². The number of halogens is 1. The molecule has 0 N–H and O–H groups in total. The van der Waals surface area contributed by atoms with Crippen molar-refractivity contribution in [2.24, 2.45) is 5.92 Å². The highest BCUT2D eigenvalue weighted by molar-refractivity contribution is 7.98. The second-order valence-corrected chi connectivity index (χ2v) is 12.3. The van der Waals surface area contributed by atoms with E-state index in [0.717, 1.165) is 49.4 Å². The molecular weight excluding hydrogens is 560 g/mol. The van der Waals surface area contributed by atoms with E-state index in [1.165, 1.54) is 30.4 Å². The van der Waals surface area contributed by atoms with Crippen molar-refractivity contribution in [3.8, 4) is 28.5 Å². The Morgan fingerprint density at radius 2 is 1.93 bits per heavy atom. The predicted molar refractivity (Wildman–Crippen MR) is 165 cm³/mol. The topological polar surface area (TPSA) is 58.3 Å². The first kappa shape index (κ1) is 26.6. The largest absolute Gasteiger partial charge is 0.469 e. The molecule has 3 aromatic carbocycles. The summed E-state index contributed by atoms with van der Waals surface area (Å²) in [5.74, 6) is -0.644. The van der Waals surface area contributed by atoms with Crippen LogP contribution in [-0.2, 0) is 9.53 Å². The first-order valence-corrected chi connectivity index (χ1v) is 14.9. The van der Waals surface area contributed by atoms with Gasteiger partial charge in [0, 0.05) is 51.1 Å². The Morgan fingerprint density at radius 1 is 1.15 bits per heavy atom. The van der Waals surface area contributed by atoms with E-state index >= 15 is 4.39 Å². The minimum atomic E-state index is -0.312. The number of benzene rings is 3. The minimum absolute atomic E-state index is 0.139. The molecule has 0 aliphatic carbocycles. The number of rotatable bonds is 6. The quantitative estimate of drug-likeness (QED) is 0.158. The predicted octanol–water partition coefficient (Wildman–Crippen LogP) is 7.02. The lowest BCUT2D eigenvalue weighted by molar-refractivity contribution is -0.146. The third-order valence-corrected chi connectivity index (χ3v) is 9.50. The smallest absolute Gasteiger partial charge is 0.312 e. The Labute approximate surface area is 242 Å². The van der Waals surface area contributed by atoms with Gasteiger partial charge in [0.2, 0.25) is 0 Å². The van der Waals surface area contributed by atoms with Crippen LogP contribution in [0.25, 0.3) is 33.3 Å². The van der Waals surface area contributed by atoms with E-state index in [9.17, 15) is 10.1 Å². The number of hydrogen-bond acceptors (Lipinski definition) is 6. The van der Waals surface area contributed by atoms with Gasteiger partial charge in [-0.25, -0.2) is 4.39 Å². The molecule has 9 heteroatoms. The van der Waals surface area contributed by atoms with Crippen LogP contribution in [0.15, 0.2) is 77.0 Å². The number of fused-ring (bicyclic) bond motifs is 1. The summed E-state index contributed by atoms with van der Waals surface area (Å²) in [6.45, 7) is 3.23. The molecule has 5 aromatic rings. The number of carbonyl (C=O) groups is 1. The molecule has 1 unspecified atom stereocenters. The number of carbonyl (C=O) groups excluding carboxylic acids is 1. The van der Waals surface area contributed by atoms with Crippen LogP contribution in [0.5, 0.6) is 0 Å². The summed E-state index contributed by atoms with van der Waals surface area (Å²) in [5, 5.41) is 13.2. The number of anilines is 1. The van der Waals surface area contributed by atoms with Crippen molar-refractivity contribution in [3.63, 3.8) is 0 Å². The van der Waals surface area contributed by atoms with Gasteiger partial charge in [0.25, 0.3) is 0 Å². The van der Waals surface area contributed by atoms with Crippen molar-refractivity contribution in [3.05, 3.63) is 88.4 Å². The van der Waals surface area contributed by atoms with Crippen molar-refractivity contribution in [1.29, 1.82) is 5.26 Å². The number of aromatic nitrogens is 1. The molecule has 2 aromatic heterocycles. The molecule has 3 heterocycles. The average molecular weight is 586 g/mol. The van der Waals surface area contributed by atoms with E-state index in [0.29, 0.717) is 23.3 Å². The first-order valence-electron chi connectivity index (χ1n) is 12.7. The maximum atomic E-state index is 15.1. The van der Waals surface area contributed by atoms with Crippen molar-refractivity contribution < 1.29 is 13.9 Å². The second kappa shape index (κ2) is 10.7. The molecule has 40 heavy (non-hydrogen) atoms. The molecule has 1 fully saturated rings. The number of nitrogens with zero attached hydrogens (tertiary/aromatic N) is 3. The van der Waals surface area contributed by atoms with E-state index in [2.05, 4.69) is 54.5 Å². The third-order valence-electron chi connectivity index (χ3n) is 7.20. The van der Waals surface area contributed by atoms with Crippen LogP contribution >= 0.6 is 32.5 Å². The van der Waals surface area contributed by atoms with Crippen LogP contribution in [0.4, 0.5) is 10.1 Å². The number of methoxy groups -OCH3 is 1. The summed E-state index contributed by atoms with van der Waals surface area (Å²) in [7, 11) is 3.90. The molecular formula is C31H25FN3O2PS2. The zero-order valence-corrected chi connectivity index (χ0v) is 24.6. The second-order valence-electron chi connectivity index (χ2n) is 9.76. The number of esters is 1. The molecule has 0 radical (unpaired) electrons. The highest BCUT2D eigenvalue weighted by atomic mass is 32.2. The SMILES string of the molecule is COC(=O)C1CN(c2cccc(-c3c(-c4ccsc4C#N)c4cc(P)c(F)cc4n3Sc3ccc(C)cc3)c2)C1. The monoisotopic (exact) mass is 585 g/mol. The van der Waals surface area contributed by atoms with E-state index < -0.39 is 0 Å². The van der Waals surface area contributed by atoms with E-state index in [1.54, 1.807) is 6.07 Å². The van der Waals surface area contributed by atoms with Crippen molar-refractivity contribution >= 4 is 60.4 Å². The van der Waals surface area contributed by atoms with E-state index in [-0.39, 0.29) is 17.7 Å². The Bertz CT molecular complexity index is 1800. The van der Waals surface area contributed by atoms with Gasteiger partial charge in [-0.2, -0.15) is 5.26 Å². The van der Waals surface area contributed by atoms with E-state index in [4.69, 9.17) is 4.74 Å². The molecule has 1 aliphatic rings. The summed E-state index contributed by atoms with van der Waals surface area (Å²) < 4.78 is 22.1. The lowest BCUT2D eigenvalue weighted by Crippen LogP contribution is -2.50. The maximum Gasteiger partial charge on any atom is 0.312 e. The van der Waals surface area contributed by atoms with Crippen LogP contribution in [0.2, 0.25) is 0 Å². The first-order chi connectivity index (χ1) is 19.4. The average Bonchev–Trinajstić information content (AvgIpc) is 3.51. The summed E-state index contributed by atoms with van der Waals surface area (Å²) in [5.41, 5.74) is 6.42. The van der Waals surface area contributed by atoms with Gasteiger partial charge >= 0.3 is 5.97 Å². The minimum Gasteiger partial charge on any atom is -0.469 e. The van der Waals surface area contributed by atoms with Gasteiger partial charge in [-0.15, -0.1) is 20.6 Å². The fourth-order valence-corrected chi connectivity index (χ4v) is 7.02. The number of aryl methyl sites for hydroxylation is 1. The molecule has 1 atom stereocenters. The molecule has 1 aliphatic heterocycles. The standard InChI is InChI=1S/C31H25FN3O2PS2/c1-18-6-8-22(9-7-18)40-35-26-14-25(32)27(38)13-24(26)29(23-10-11-39-28(23)15-33)30(35)19-4-3-5-21(12-19)34-16-20(17-34)31(36)37-2/h3-14,20H,16-17,38H2,1-2H3. The Balaban J connectivity index is 1.58. The van der Waals surface area contributed by atoms with Crippen LogP contribution in [-0.4, -0.2) is 30.1 Å². The molecule has 200 valence electrons. The fourth-order valence-electron chi connectivity index (χ4n) is 5.08.